The van der Waals surface area contributed by atoms with Crippen LogP contribution in [0.3, 0.4) is 0 Å². The minimum absolute atomic E-state index is 0.244. The summed E-state index contributed by atoms with van der Waals surface area (Å²) in [6.45, 7) is 2.14. The molecule has 3 aliphatic rings. The van der Waals surface area contributed by atoms with E-state index in [4.69, 9.17) is 26.1 Å². The van der Waals surface area contributed by atoms with Crippen LogP contribution >= 0.6 is 11.6 Å². The van der Waals surface area contributed by atoms with Gasteiger partial charge in [-0.1, -0.05) is 17.7 Å². The van der Waals surface area contributed by atoms with Gasteiger partial charge in [0.2, 0.25) is 5.95 Å². The van der Waals surface area contributed by atoms with E-state index < -0.39 is 16.4 Å². The van der Waals surface area contributed by atoms with Crippen LogP contribution in [0.15, 0.2) is 23.1 Å². The topological polar surface area (TPSA) is 96.8 Å². The summed E-state index contributed by atoms with van der Waals surface area (Å²) in [7, 11) is 0.470. The number of nitrogens with zero attached hydrogens (tertiary/aromatic N) is 3. The highest BCUT2D eigenvalue weighted by atomic mass is 35.5. The molecule has 166 valence electrons. The molecule has 1 unspecified atom stereocenters. The van der Waals surface area contributed by atoms with Gasteiger partial charge in [0.15, 0.2) is 0 Å². The fraction of sp³-hybridized carbons (Fsp3) is 0.524. The number of rotatable bonds is 5. The Morgan fingerprint density at radius 2 is 2.10 bits per heavy atom. The lowest BCUT2D eigenvalue weighted by atomic mass is 9.86. The maximum Gasteiger partial charge on any atom is 0.227 e. The smallest absolute Gasteiger partial charge is 0.227 e. The molecule has 5 rings (SSSR count). The Labute approximate surface area is 188 Å². The minimum Gasteiger partial charge on any atom is -0.495 e. The number of hydrogen-bond donors (Lipinski definition) is 2. The van der Waals surface area contributed by atoms with Crippen molar-refractivity contribution in [2.24, 2.45) is 0 Å². The van der Waals surface area contributed by atoms with Crippen molar-refractivity contribution in [1.82, 2.24) is 9.97 Å². The first-order valence-corrected chi connectivity index (χ1v) is 12.1. The lowest BCUT2D eigenvalue weighted by Gasteiger charge is -2.47. The molecule has 0 saturated carbocycles. The molecule has 0 bridgehead atoms. The Bertz CT molecular complexity index is 1020. The quantitative estimate of drug-likeness (QED) is 0.694. The lowest BCUT2D eigenvalue weighted by Crippen LogP contribution is -2.60. The minimum atomic E-state index is -1.08. The number of β-amino-alcohol motifs (C(OH)–C–C–N with tert-alkyl or cyclic N) is 1. The van der Waals surface area contributed by atoms with Crippen molar-refractivity contribution in [3.63, 3.8) is 0 Å². The van der Waals surface area contributed by atoms with Gasteiger partial charge in [0.25, 0.3) is 0 Å². The number of nitrogens with one attached hydrogen (secondary N) is 1. The van der Waals surface area contributed by atoms with Gasteiger partial charge in [0.05, 0.1) is 41.7 Å². The van der Waals surface area contributed by atoms with E-state index >= 15 is 0 Å². The van der Waals surface area contributed by atoms with Gasteiger partial charge in [-0.3, -0.25) is 4.21 Å². The van der Waals surface area contributed by atoms with E-state index in [1.807, 2.05) is 11.0 Å². The number of aliphatic hydroxyl groups is 1. The number of aryl methyl sites for hydroxylation is 1. The van der Waals surface area contributed by atoms with E-state index in [0.717, 1.165) is 29.0 Å². The number of aromatic nitrogens is 2. The van der Waals surface area contributed by atoms with Crippen LogP contribution in [0.2, 0.25) is 5.02 Å². The molecule has 2 saturated heterocycles. The Balaban J connectivity index is 1.39. The molecule has 4 heterocycles. The predicted molar refractivity (Wildman–Crippen MR) is 119 cm³/mol. The average molecular weight is 465 g/mol. The highest BCUT2D eigenvalue weighted by Crippen LogP contribution is 2.39. The van der Waals surface area contributed by atoms with E-state index in [1.165, 1.54) is 0 Å². The Kier molecular flexibility index (Phi) is 5.54. The average Bonchev–Trinajstić information content (AvgIpc) is 3.13. The number of methoxy groups -OCH3 is 1. The first kappa shape index (κ1) is 20.9. The SMILES string of the molecule is COc1cc(C2(O)CN(c3nc4c(c(NC5CCOCC5)n3)S(=O)CC4)C2)ccc1Cl. The molecule has 0 radical (unpaired) electrons. The zero-order valence-electron chi connectivity index (χ0n) is 17.3. The molecule has 10 heteroatoms. The van der Waals surface area contributed by atoms with Gasteiger partial charge in [-0.05, 0) is 30.5 Å². The van der Waals surface area contributed by atoms with Gasteiger partial charge in [0.1, 0.15) is 22.1 Å². The summed E-state index contributed by atoms with van der Waals surface area (Å²) in [5, 5.41) is 15.1. The number of halogens is 1. The van der Waals surface area contributed by atoms with Crippen molar-refractivity contribution in [1.29, 1.82) is 0 Å². The van der Waals surface area contributed by atoms with E-state index in [1.54, 1.807) is 19.2 Å². The zero-order valence-corrected chi connectivity index (χ0v) is 18.8. The summed E-state index contributed by atoms with van der Waals surface area (Å²) in [4.78, 5) is 12.1. The monoisotopic (exact) mass is 464 g/mol. The van der Waals surface area contributed by atoms with Crippen LogP contribution in [0.25, 0.3) is 0 Å². The Morgan fingerprint density at radius 1 is 1.32 bits per heavy atom. The standard InChI is InChI=1S/C21H25ClN4O4S/c1-29-17-10-13(2-3-15(17)22)21(27)11-26(12-21)20-24-16-6-9-31(28)18(16)19(25-20)23-14-4-7-30-8-5-14/h2-3,10,14,27H,4-9,11-12H2,1H3,(H,23,24,25). The first-order valence-electron chi connectivity index (χ1n) is 10.4. The molecule has 31 heavy (non-hydrogen) atoms. The summed E-state index contributed by atoms with van der Waals surface area (Å²) in [5.74, 6) is 2.32. The third-order valence-electron chi connectivity index (χ3n) is 6.11. The van der Waals surface area contributed by atoms with Crippen molar-refractivity contribution >= 4 is 34.2 Å². The number of anilines is 2. The van der Waals surface area contributed by atoms with Crippen LogP contribution in [0.5, 0.6) is 5.75 Å². The Hall–Kier alpha value is -1.94. The van der Waals surface area contributed by atoms with Gasteiger partial charge < -0.3 is 24.8 Å². The third-order valence-corrected chi connectivity index (χ3v) is 7.89. The summed E-state index contributed by atoms with van der Waals surface area (Å²) in [5.41, 5.74) is 0.548. The maximum atomic E-state index is 12.6. The fourth-order valence-corrected chi connectivity index (χ4v) is 5.83. The number of ether oxygens (including phenoxy) is 2. The fourth-order valence-electron chi connectivity index (χ4n) is 4.32. The molecule has 0 amide bonds. The van der Waals surface area contributed by atoms with Crippen molar-refractivity contribution < 1.29 is 18.8 Å². The second-order valence-corrected chi connectivity index (χ2v) is 10.1. The van der Waals surface area contributed by atoms with Crippen LogP contribution in [0, 0.1) is 0 Å². The van der Waals surface area contributed by atoms with E-state index in [2.05, 4.69) is 10.3 Å². The largest absolute Gasteiger partial charge is 0.495 e. The third kappa shape index (κ3) is 3.88. The molecule has 2 N–H and O–H groups in total. The number of benzene rings is 1. The molecule has 8 nitrogen and oxygen atoms in total. The van der Waals surface area contributed by atoms with E-state index in [9.17, 15) is 9.32 Å². The Morgan fingerprint density at radius 3 is 2.84 bits per heavy atom. The summed E-state index contributed by atoms with van der Waals surface area (Å²) in [6, 6.07) is 5.55. The van der Waals surface area contributed by atoms with Gasteiger partial charge >= 0.3 is 0 Å². The van der Waals surface area contributed by atoms with Crippen LogP contribution < -0.4 is 15.0 Å². The molecule has 1 aromatic carbocycles. The molecule has 2 aromatic rings. The second-order valence-electron chi connectivity index (χ2n) is 8.22. The lowest BCUT2D eigenvalue weighted by molar-refractivity contribution is 0.00633. The molecule has 0 spiro atoms. The first-order chi connectivity index (χ1) is 15.0. The second kappa shape index (κ2) is 8.20. The van der Waals surface area contributed by atoms with Gasteiger partial charge in [0, 0.05) is 31.4 Å². The molecular weight excluding hydrogens is 440 g/mol. The van der Waals surface area contributed by atoms with Crippen molar-refractivity contribution in [3.8, 4) is 5.75 Å². The van der Waals surface area contributed by atoms with Crippen molar-refractivity contribution in [2.45, 2.75) is 35.8 Å². The summed E-state index contributed by atoms with van der Waals surface area (Å²) >= 11 is 6.12. The maximum absolute atomic E-state index is 12.6. The van der Waals surface area contributed by atoms with Crippen molar-refractivity contribution in [3.05, 3.63) is 34.5 Å². The predicted octanol–water partition coefficient (Wildman–Crippen LogP) is 2.10. The molecule has 3 aliphatic heterocycles. The molecule has 1 aromatic heterocycles. The van der Waals surface area contributed by atoms with E-state index in [-0.39, 0.29) is 6.04 Å². The summed E-state index contributed by atoms with van der Waals surface area (Å²) < 4.78 is 23.3. The molecule has 0 aliphatic carbocycles. The van der Waals surface area contributed by atoms with Crippen LogP contribution in [-0.2, 0) is 27.6 Å². The van der Waals surface area contributed by atoms with Crippen LogP contribution in [-0.4, -0.2) is 64.5 Å². The highest BCUT2D eigenvalue weighted by Gasteiger charge is 2.45. The van der Waals surface area contributed by atoms with Gasteiger partial charge in [-0.25, -0.2) is 4.98 Å². The number of hydrogen-bond acceptors (Lipinski definition) is 8. The number of fused-ring (bicyclic) bond motifs is 1. The van der Waals surface area contributed by atoms with Crippen molar-refractivity contribution in [2.75, 3.05) is 49.4 Å². The molecular formula is C21H25ClN4O4S. The normalized spacial score (nSPS) is 22.7. The molecule has 2 fully saturated rings. The van der Waals surface area contributed by atoms with Gasteiger partial charge in [-0.2, -0.15) is 4.98 Å². The summed E-state index contributed by atoms with van der Waals surface area (Å²) in [6.07, 6.45) is 2.46. The van der Waals surface area contributed by atoms with E-state index in [0.29, 0.717) is 61.0 Å². The van der Waals surface area contributed by atoms with Crippen LogP contribution in [0.4, 0.5) is 11.8 Å². The van der Waals surface area contributed by atoms with Crippen LogP contribution in [0.1, 0.15) is 24.1 Å². The zero-order chi connectivity index (χ0) is 21.6. The highest BCUT2D eigenvalue weighted by molar-refractivity contribution is 7.85. The molecule has 1 atom stereocenters. The van der Waals surface area contributed by atoms with Gasteiger partial charge in [-0.15, -0.1) is 0 Å².